The molecule has 0 fully saturated rings. The maximum Gasteiger partial charge on any atom is 0.255 e. The van der Waals surface area contributed by atoms with Crippen LogP contribution in [0.15, 0.2) is 104 Å². The molecule has 0 radical (unpaired) electrons. The Bertz CT molecular complexity index is 2030. The third-order valence-corrected chi connectivity index (χ3v) is 6.68. The third kappa shape index (κ3) is 4.25. The summed E-state index contributed by atoms with van der Waals surface area (Å²) >= 11 is 0. The summed E-state index contributed by atoms with van der Waals surface area (Å²) in [5.74, 6) is -0.529. The highest BCUT2D eigenvalue weighted by molar-refractivity contribution is 6.04. The van der Waals surface area contributed by atoms with Crippen LogP contribution in [0.25, 0.3) is 55.7 Å². The molecule has 0 spiro atoms. The first kappa shape index (κ1) is 23.4. The second kappa shape index (κ2) is 9.55. The van der Waals surface area contributed by atoms with E-state index in [0.29, 0.717) is 33.8 Å². The summed E-state index contributed by atoms with van der Waals surface area (Å²) in [5, 5.41) is 12.1. The Balaban J connectivity index is 1.25. The molecule has 0 bridgehead atoms. The second-order valence-corrected chi connectivity index (χ2v) is 9.29. The highest BCUT2D eigenvalue weighted by Gasteiger charge is 2.16. The van der Waals surface area contributed by atoms with Crippen LogP contribution in [-0.2, 0) is 0 Å². The van der Waals surface area contributed by atoms with Crippen LogP contribution in [0.1, 0.15) is 10.4 Å². The first-order valence-electron chi connectivity index (χ1n) is 12.5. The van der Waals surface area contributed by atoms with E-state index in [4.69, 9.17) is 0 Å². The topological polar surface area (TPSA) is 112 Å². The second-order valence-electron chi connectivity index (χ2n) is 9.29. The lowest BCUT2D eigenvalue weighted by molar-refractivity contribution is 0.102. The van der Waals surface area contributed by atoms with E-state index >= 15 is 0 Å². The Labute approximate surface area is 227 Å². The van der Waals surface area contributed by atoms with Crippen molar-refractivity contribution in [3.63, 3.8) is 0 Å². The summed E-state index contributed by atoms with van der Waals surface area (Å²) in [6.07, 6.45) is 6.76. The Morgan fingerprint density at radius 1 is 0.775 bits per heavy atom. The van der Waals surface area contributed by atoms with Gasteiger partial charge in [-0.3, -0.25) is 19.9 Å². The lowest BCUT2D eigenvalue weighted by Crippen LogP contribution is -2.11. The summed E-state index contributed by atoms with van der Waals surface area (Å²) < 4.78 is 13.9. The van der Waals surface area contributed by atoms with Crippen molar-refractivity contribution in [3.8, 4) is 33.8 Å². The molecule has 0 aliphatic heterocycles. The van der Waals surface area contributed by atoms with E-state index in [1.165, 1.54) is 12.1 Å². The zero-order valence-electron chi connectivity index (χ0n) is 20.9. The highest BCUT2D eigenvalue weighted by Crippen LogP contribution is 2.34. The van der Waals surface area contributed by atoms with Gasteiger partial charge in [0.15, 0.2) is 5.65 Å². The minimum Gasteiger partial charge on any atom is -0.353 e. The summed E-state index contributed by atoms with van der Waals surface area (Å²) in [6, 6.07) is 23.1. The number of hydrogen-bond acceptors (Lipinski definition) is 5. The minimum absolute atomic E-state index is 0.212. The number of carbonyl (C=O) groups excluding carboxylic acids is 1. The molecule has 192 valence electrons. The number of anilines is 1. The van der Waals surface area contributed by atoms with E-state index in [0.717, 1.165) is 33.1 Å². The van der Waals surface area contributed by atoms with Crippen LogP contribution in [0.2, 0.25) is 0 Å². The lowest BCUT2D eigenvalue weighted by Gasteiger charge is -2.07. The number of rotatable bonds is 5. The summed E-state index contributed by atoms with van der Waals surface area (Å²) in [4.78, 5) is 29.4. The Hall–Kier alpha value is -5.70. The van der Waals surface area contributed by atoms with Gasteiger partial charge in [-0.15, -0.1) is 0 Å². The van der Waals surface area contributed by atoms with Crippen molar-refractivity contribution in [2.75, 3.05) is 5.32 Å². The first-order chi connectivity index (χ1) is 19.6. The molecule has 0 unspecified atom stereocenters. The fourth-order valence-corrected chi connectivity index (χ4v) is 4.77. The zero-order valence-corrected chi connectivity index (χ0v) is 20.9. The smallest absolute Gasteiger partial charge is 0.255 e. The van der Waals surface area contributed by atoms with Gasteiger partial charge >= 0.3 is 0 Å². The molecule has 3 N–H and O–H groups in total. The van der Waals surface area contributed by atoms with Crippen molar-refractivity contribution in [2.24, 2.45) is 0 Å². The van der Waals surface area contributed by atoms with Crippen LogP contribution >= 0.6 is 0 Å². The molecule has 0 aliphatic rings. The van der Waals surface area contributed by atoms with Crippen LogP contribution in [0.4, 0.5) is 10.1 Å². The number of benzene rings is 2. The molecule has 8 nitrogen and oxygen atoms in total. The highest BCUT2D eigenvalue weighted by atomic mass is 19.1. The molecule has 5 heterocycles. The predicted octanol–water partition coefficient (Wildman–Crippen LogP) is 6.62. The summed E-state index contributed by atoms with van der Waals surface area (Å²) in [5.41, 5.74) is 7.06. The van der Waals surface area contributed by atoms with Crippen molar-refractivity contribution in [2.45, 2.75) is 0 Å². The van der Waals surface area contributed by atoms with Crippen LogP contribution in [0, 0.1) is 5.82 Å². The molecule has 9 heteroatoms. The molecule has 0 saturated heterocycles. The molecular weight excluding hydrogens is 505 g/mol. The number of hydrogen-bond donors (Lipinski definition) is 3. The van der Waals surface area contributed by atoms with Crippen molar-refractivity contribution < 1.29 is 9.18 Å². The SMILES string of the molecule is O=C(Nc1cncc(-c2cnc3[nH]nc(-c4cc5c(-c6cccc(F)c6)nccc5[nH]4)c3c2)c1)c1ccccc1. The molecule has 2 aromatic carbocycles. The Morgan fingerprint density at radius 3 is 2.52 bits per heavy atom. The summed E-state index contributed by atoms with van der Waals surface area (Å²) in [6.45, 7) is 0. The maximum absolute atomic E-state index is 13.9. The summed E-state index contributed by atoms with van der Waals surface area (Å²) in [7, 11) is 0. The number of carbonyl (C=O) groups is 1. The van der Waals surface area contributed by atoms with Gasteiger partial charge in [0.2, 0.25) is 0 Å². The molecule has 7 aromatic rings. The Kier molecular flexibility index (Phi) is 5.59. The molecule has 5 aromatic heterocycles. The Morgan fingerprint density at radius 2 is 1.65 bits per heavy atom. The van der Waals surface area contributed by atoms with E-state index in [1.807, 2.05) is 48.5 Å². The number of H-pyrrole nitrogens is 2. The van der Waals surface area contributed by atoms with Gasteiger partial charge in [0.25, 0.3) is 5.91 Å². The standard InChI is InChI=1S/C31H20FN7O/c32-22-8-4-7-19(11-22)28-24-14-27(37-26(24)9-10-34-28)29-25-13-21(16-35-30(25)39-38-29)20-12-23(17-33-15-20)36-31(40)18-5-2-1-3-6-18/h1-17,37H,(H,36,40)(H,35,38,39). The number of aromatic nitrogens is 6. The number of nitrogens with zero attached hydrogens (tertiary/aromatic N) is 4. The molecule has 0 saturated carbocycles. The number of halogens is 1. The van der Waals surface area contributed by atoms with Crippen molar-refractivity contribution in [1.29, 1.82) is 0 Å². The van der Waals surface area contributed by atoms with E-state index < -0.39 is 0 Å². The molecule has 0 aliphatic carbocycles. The number of fused-ring (bicyclic) bond motifs is 2. The third-order valence-electron chi connectivity index (χ3n) is 6.68. The predicted molar refractivity (Wildman–Crippen MR) is 152 cm³/mol. The molecule has 0 atom stereocenters. The average molecular weight is 526 g/mol. The number of pyridine rings is 3. The molecule has 40 heavy (non-hydrogen) atoms. The largest absolute Gasteiger partial charge is 0.353 e. The van der Waals surface area contributed by atoms with Gasteiger partial charge in [-0.25, -0.2) is 9.37 Å². The van der Waals surface area contributed by atoms with E-state index in [1.54, 1.807) is 43.0 Å². The fourth-order valence-electron chi connectivity index (χ4n) is 4.77. The van der Waals surface area contributed by atoms with Crippen LogP contribution in [0.3, 0.4) is 0 Å². The zero-order chi connectivity index (χ0) is 27.1. The average Bonchev–Trinajstić information content (AvgIpc) is 3.61. The number of aromatic amines is 2. The van der Waals surface area contributed by atoms with Gasteiger partial charge in [-0.1, -0.05) is 30.3 Å². The van der Waals surface area contributed by atoms with Crippen LogP contribution in [-0.4, -0.2) is 36.0 Å². The van der Waals surface area contributed by atoms with Gasteiger partial charge < -0.3 is 10.3 Å². The van der Waals surface area contributed by atoms with E-state index in [9.17, 15) is 9.18 Å². The molecule has 7 rings (SSSR count). The van der Waals surface area contributed by atoms with Gasteiger partial charge in [-0.05, 0) is 48.5 Å². The molecular formula is C31H20FN7O. The first-order valence-corrected chi connectivity index (χ1v) is 12.5. The fraction of sp³-hybridized carbons (Fsp3) is 0. The normalized spacial score (nSPS) is 11.2. The molecule has 1 amide bonds. The maximum atomic E-state index is 13.9. The monoisotopic (exact) mass is 525 g/mol. The van der Waals surface area contributed by atoms with E-state index in [2.05, 4.69) is 35.5 Å². The van der Waals surface area contributed by atoms with Gasteiger partial charge in [0.1, 0.15) is 11.5 Å². The van der Waals surface area contributed by atoms with Gasteiger partial charge in [0, 0.05) is 57.1 Å². The van der Waals surface area contributed by atoms with Crippen LogP contribution < -0.4 is 5.32 Å². The van der Waals surface area contributed by atoms with E-state index in [-0.39, 0.29) is 11.7 Å². The van der Waals surface area contributed by atoms with Gasteiger partial charge in [0.05, 0.1) is 23.3 Å². The minimum atomic E-state index is -0.317. The van der Waals surface area contributed by atoms with Crippen molar-refractivity contribution >= 4 is 33.5 Å². The number of nitrogens with one attached hydrogen (secondary N) is 3. The van der Waals surface area contributed by atoms with Crippen LogP contribution in [0.5, 0.6) is 0 Å². The quantitative estimate of drug-likeness (QED) is 0.234. The van der Waals surface area contributed by atoms with Crippen molar-refractivity contribution in [1.82, 2.24) is 30.1 Å². The number of amides is 1. The van der Waals surface area contributed by atoms with Crippen molar-refractivity contribution in [3.05, 3.63) is 115 Å². The van der Waals surface area contributed by atoms with Gasteiger partial charge in [-0.2, -0.15) is 5.10 Å². The lowest BCUT2D eigenvalue weighted by atomic mass is 10.1.